The average Bonchev–Trinajstić information content (AvgIpc) is 3.03. The van der Waals surface area contributed by atoms with Gasteiger partial charge >= 0.3 is 0 Å². The Kier molecular flexibility index (Phi) is 4.72. The fourth-order valence-corrected chi connectivity index (χ4v) is 2.97. The molecule has 1 atom stereocenters. The zero-order valence-electron chi connectivity index (χ0n) is 12.3. The second kappa shape index (κ2) is 6.91. The molecule has 1 aromatic carbocycles. The molecule has 2 aliphatic rings. The number of carbonyl (C=O) groups is 1. The topological polar surface area (TPSA) is 53.6 Å². The standard InChI is InChI=1S/C16H23N3O2/c20-16(11-13-12-17-7-10-21-13)18-14-5-1-2-6-15(14)19-8-3-4-9-19/h1-2,5-6,13,17H,3-4,7-12H2,(H,18,20). The van der Waals surface area contributed by atoms with E-state index in [1.807, 2.05) is 18.2 Å². The number of nitrogens with zero attached hydrogens (tertiary/aromatic N) is 1. The Morgan fingerprint density at radius 2 is 2.14 bits per heavy atom. The molecule has 1 unspecified atom stereocenters. The second-order valence-corrected chi connectivity index (χ2v) is 5.66. The highest BCUT2D eigenvalue weighted by atomic mass is 16.5. The normalized spacial score (nSPS) is 22.3. The van der Waals surface area contributed by atoms with Gasteiger partial charge < -0.3 is 20.3 Å². The molecule has 2 heterocycles. The smallest absolute Gasteiger partial charge is 0.227 e. The van der Waals surface area contributed by atoms with E-state index in [0.717, 1.165) is 37.6 Å². The molecule has 2 N–H and O–H groups in total. The fraction of sp³-hybridized carbons (Fsp3) is 0.562. The number of morpholine rings is 1. The Bertz CT molecular complexity index is 480. The van der Waals surface area contributed by atoms with Crippen molar-refractivity contribution < 1.29 is 9.53 Å². The largest absolute Gasteiger partial charge is 0.375 e. The van der Waals surface area contributed by atoms with Gasteiger partial charge in [0.15, 0.2) is 0 Å². The molecule has 5 heteroatoms. The van der Waals surface area contributed by atoms with Gasteiger partial charge in [0.1, 0.15) is 0 Å². The number of anilines is 2. The van der Waals surface area contributed by atoms with Gasteiger partial charge in [0.25, 0.3) is 0 Å². The van der Waals surface area contributed by atoms with E-state index in [4.69, 9.17) is 4.74 Å². The zero-order chi connectivity index (χ0) is 14.5. The lowest BCUT2D eigenvalue weighted by molar-refractivity contribution is -0.119. The molecule has 21 heavy (non-hydrogen) atoms. The monoisotopic (exact) mass is 289 g/mol. The highest BCUT2D eigenvalue weighted by molar-refractivity contribution is 5.94. The Labute approximate surface area is 125 Å². The number of nitrogens with one attached hydrogen (secondary N) is 2. The third kappa shape index (κ3) is 3.74. The van der Waals surface area contributed by atoms with Gasteiger partial charge in [-0.25, -0.2) is 0 Å². The van der Waals surface area contributed by atoms with Crippen molar-refractivity contribution in [3.63, 3.8) is 0 Å². The molecular weight excluding hydrogens is 266 g/mol. The van der Waals surface area contributed by atoms with E-state index in [0.29, 0.717) is 13.0 Å². The summed E-state index contributed by atoms with van der Waals surface area (Å²) in [5, 5.41) is 6.29. The summed E-state index contributed by atoms with van der Waals surface area (Å²) in [6, 6.07) is 8.05. The molecule has 0 bridgehead atoms. The summed E-state index contributed by atoms with van der Waals surface area (Å²) in [4.78, 5) is 14.6. The first kappa shape index (κ1) is 14.4. The predicted molar refractivity (Wildman–Crippen MR) is 83.7 cm³/mol. The maximum Gasteiger partial charge on any atom is 0.227 e. The first-order valence-electron chi connectivity index (χ1n) is 7.79. The van der Waals surface area contributed by atoms with Gasteiger partial charge in [-0.15, -0.1) is 0 Å². The summed E-state index contributed by atoms with van der Waals surface area (Å²) < 4.78 is 5.58. The summed E-state index contributed by atoms with van der Waals surface area (Å²) in [7, 11) is 0. The number of benzene rings is 1. The van der Waals surface area contributed by atoms with Crippen LogP contribution in [0, 0.1) is 0 Å². The van der Waals surface area contributed by atoms with Gasteiger partial charge in [0.2, 0.25) is 5.91 Å². The highest BCUT2D eigenvalue weighted by Gasteiger charge is 2.20. The molecule has 0 aromatic heterocycles. The van der Waals surface area contributed by atoms with Gasteiger partial charge in [0.05, 0.1) is 30.5 Å². The van der Waals surface area contributed by atoms with Gasteiger partial charge in [-0.2, -0.15) is 0 Å². The number of rotatable bonds is 4. The summed E-state index contributed by atoms with van der Waals surface area (Å²) >= 11 is 0. The SMILES string of the molecule is O=C(CC1CNCCO1)Nc1ccccc1N1CCCC1. The van der Waals surface area contributed by atoms with Crippen LogP contribution in [0.2, 0.25) is 0 Å². The molecule has 2 aliphatic heterocycles. The molecule has 1 amide bonds. The molecule has 114 valence electrons. The lowest BCUT2D eigenvalue weighted by Gasteiger charge is -2.24. The van der Waals surface area contributed by atoms with Crippen LogP contribution in [0.3, 0.4) is 0 Å². The van der Waals surface area contributed by atoms with Crippen LogP contribution >= 0.6 is 0 Å². The number of hydrogen-bond acceptors (Lipinski definition) is 4. The van der Waals surface area contributed by atoms with Gasteiger partial charge in [0, 0.05) is 26.2 Å². The molecule has 1 aromatic rings. The average molecular weight is 289 g/mol. The minimum Gasteiger partial charge on any atom is -0.375 e. The number of amides is 1. The van der Waals surface area contributed by atoms with Crippen LogP contribution in [-0.4, -0.2) is 44.8 Å². The first-order valence-corrected chi connectivity index (χ1v) is 7.79. The molecule has 0 spiro atoms. The number of ether oxygens (including phenoxy) is 1. The minimum absolute atomic E-state index is 0.0160. The van der Waals surface area contributed by atoms with Crippen molar-refractivity contribution in [3.8, 4) is 0 Å². The van der Waals surface area contributed by atoms with E-state index in [-0.39, 0.29) is 12.0 Å². The number of para-hydroxylation sites is 2. The van der Waals surface area contributed by atoms with Crippen molar-refractivity contribution in [3.05, 3.63) is 24.3 Å². The van der Waals surface area contributed by atoms with Gasteiger partial charge in [-0.1, -0.05) is 12.1 Å². The van der Waals surface area contributed by atoms with Crippen LogP contribution in [0.25, 0.3) is 0 Å². The molecule has 3 rings (SSSR count). The van der Waals surface area contributed by atoms with Crippen LogP contribution in [-0.2, 0) is 9.53 Å². The summed E-state index contributed by atoms with van der Waals surface area (Å²) in [6.45, 7) is 4.45. The van der Waals surface area contributed by atoms with E-state index in [9.17, 15) is 4.79 Å². The van der Waals surface area contributed by atoms with Crippen LogP contribution in [0.4, 0.5) is 11.4 Å². The zero-order valence-corrected chi connectivity index (χ0v) is 12.3. The Morgan fingerprint density at radius 1 is 1.33 bits per heavy atom. The Hall–Kier alpha value is -1.59. The van der Waals surface area contributed by atoms with Crippen LogP contribution in [0.1, 0.15) is 19.3 Å². The van der Waals surface area contributed by atoms with E-state index >= 15 is 0 Å². The number of hydrogen-bond donors (Lipinski definition) is 2. The van der Waals surface area contributed by atoms with Crippen molar-refractivity contribution >= 4 is 17.3 Å². The van der Waals surface area contributed by atoms with E-state index in [2.05, 4.69) is 21.6 Å². The lowest BCUT2D eigenvalue weighted by atomic mass is 10.2. The van der Waals surface area contributed by atoms with Crippen molar-refractivity contribution in [1.82, 2.24) is 5.32 Å². The molecule has 2 saturated heterocycles. The quantitative estimate of drug-likeness (QED) is 0.884. The van der Waals surface area contributed by atoms with Gasteiger partial charge in [-0.3, -0.25) is 4.79 Å². The predicted octanol–water partition coefficient (Wildman–Crippen LogP) is 1.60. The molecule has 0 radical (unpaired) electrons. The second-order valence-electron chi connectivity index (χ2n) is 5.66. The summed E-state index contributed by atoms with van der Waals surface area (Å²) in [5.74, 6) is 0.0235. The number of carbonyl (C=O) groups excluding carboxylic acids is 1. The Morgan fingerprint density at radius 3 is 2.90 bits per heavy atom. The van der Waals surface area contributed by atoms with Crippen molar-refractivity contribution in [1.29, 1.82) is 0 Å². The summed E-state index contributed by atoms with van der Waals surface area (Å²) in [6.07, 6.45) is 2.84. The molecule has 2 fully saturated rings. The van der Waals surface area contributed by atoms with Crippen molar-refractivity contribution in [2.75, 3.05) is 43.0 Å². The third-order valence-corrected chi connectivity index (χ3v) is 4.04. The maximum absolute atomic E-state index is 12.2. The third-order valence-electron chi connectivity index (χ3n) is 4.04. The van der Waals surface area contributed by atoms with Crippen LogP contribution in [0.5, 0.6) is 0 Å². The molecular formula is C16H23N3O2. The van der Waals surface area contributed by atoms with E-state index < -0.39 is 0 Å². The molecule has 5 nitrogen and oxygen atoms in total. The van der Waals surface area contributed by atoms with Crippen LogP contribution < -0.4 is 15.5 Å². The minimum atomic E-state index is -0.0160. The van der Waals surface area contributed by atoms with Crippen molar-refractivity contribution in [2.45, 2.75) is 25.4 Å². The Balaban J connectivity index is 1.62. The maximum atomic E-state index is 12.2. The van der Waals surface area contributed by atoms with Crippen molar-refractivity contribution in [2.24, 2.45) is 0 Å². The molecule has 0 aliphatic carbocycles. The summed E-state index contributed by atoms with van der Waals surface area (Å²) in [5.41, 5.74) is 2.04. The van der Waals surface area contributed by atoms with E-state index in [1.54, 1.807) is 0 Å². The van der Waals surface area contributed by atoms with E-state index in [1.165, 1.54) is 12.8 Å². The van der Waals surface area contributed by atoms with Crippen LogP contribution in [0.15, 0.2) is 24.3 Å². The lowest BCUT2D eigenvalue weighted by Crippen LogP contribution is -2.40. The molecule has 0 saturated carbocycles. The highest BCUT2D eigenvalue weighted by Crippen LogP contribution is 2.28. The first-order chi connectivity index (χ1) is 10.3. The fourth-order valence-electron chi connectivity index (χ4n) is 2.97. The van der Waals surface area contributed by atoms with Gasteiger partial charge in [-0.05, 0) is 25.0 Å².